The number of rotatable bonds is 4. The van der Waals surface area contributed by atoms with Crippen molar-refractivity contribution in [2.75, 3.05) is 0 Å². The predicted molar refractivity (Wildman–Crippen MR) is 321 cm³/mol. The van der Waals surface area contributed by atoms with Gasteiger partial charge in [0.1, 0.15) is 0 Å². The Bertz CT molecular complexity index is 3630. The van der Waals surface area contributed by atoms with Crippen LogP contribution in [-0.2, 0) is 0 Å². The normalized spacial score (nSPS) is 17.2. The molecule has 0 heterocycles. The zero-order chi connectivity index (χ0) is 52.8. The first-order valence-corrected chi connectivity index (χ1v) is 26.4. The van der Waals surface area contributed by atoms with Crippen molar-refractivity contribution in [1.82, 2.24) is 0 Å². The summed E-state index contributed by atoms with van der Waals surface area (Å²) in [5.41, 5.74) is 24.6. The molecule has 0 saturated carbocycles. The first-order valence-electron chi connectivity index (χ1n) is 26.4. The smallest absolute Gasteiger partial charge is 0.0431 e. The summed E-state index contributed by atoms with van der Waals surface area (Å²) in [6, 6.07) is 60.7. The predicted octanol–water partition coefficient (Wildman–Crippen LogP) is 18.1. The van der Waals surface area contributed by atoms with Gasteiger partial charge < -0.3 is 0 Å². The Morgan fingerprint density at radius 2 is 0.493 bits per heavy atom. The van der Waals surface area contributed by atoms with E-state index in [0.717, 1.165) is 119 Å². The van der Waals surface area contributed by atoms with E-state index >= 15 is 0 Å². The van der Waals surface area contributed by atoms with Gasteiger partial charge in [-0.1, -0.05) is 239 Å². The molecule has 75 heavy (non-hydrogen) atoms. The molecule has 0 saturated heterocycles. The number of hydrogen-bond acceptors (Lipinski definition) is 0. The highest BCUT2D eigenvalue weighted by atomic mass is 14.3. The molecular weight excluding hydrogens is 901 g/mol. The first-order chi connectivity index (χ1) is 36.4. The molecule has 9 rings (SSSR count). The van der Waals surface area contributed by atoms with Gasteiger partial charge >= 0.3 is 0 Å². The lowest BCUT2D eigenvalue weighted by Gasteiger charge is -2.27. The molecule has 0 aliphatic heterocycles. The van der Waals surface area contributed by atoms with E-state index in [1.54, 1.807) is 0 Å². The standard InChI is InChI=1S/C73H60.C2H6/c1-50-10-9-11-62(39-20-50)70-66(46-35-58-27-12-51(2)13-28-58)71(63-40-21-55(6)22-41-63)68(48-37-60-31-16-53(4)17-32-60)73(65-44-25-57(8)26-45-65)69(49-38-61-33-18-54(5)19-34-61)72(64-42-23-56(7)24-43-64)67(70)47-36-59-29-14-52(3)15-30-59;1-2/h12-34,39-45H,9-11H2,1-8H3;1-2H3/b70-66-,70-67?,71-66?,71-68-,72-67-,72-69?,73-68?,73-69-;. The van der Waals surface area contributed by atoms with Gasteiger partial charge in [-0.05, 0) is 145 Å². The molecule has 0 aromatic heterocycles. The van der Waals surface area contributed by atoms with Crippen molar-refractivity contribution in [3.63, 3.8) is 0 Å². The van der Waals surface area contributed by atoms with E-state index < -0.39 is 0 Å². The Hall–Kier alpha value is -8.78. The van der Waals surface area contributed by atoms with Crippen LogP contribution in [0.3, 0.4) is 0 Å². The van der Waals surface area contributed by atoms with E-state index in [0.29, 0.717) is 0 Å². The van der Waals surface area contributed by atoms with Gasteiger partial charge in [-0.2, -0.15) is 0 Å². The summed E-state index contributed by atoms with van der Waals surface area (Å²) in [5, 5.41) is 0. The zero-order valence-corrected chi connectivity index (χ0v) is 45.4. The Kier molecular flexibility index (Phi) is 17.3. The molecule has 0 spiro atoms. The topological polar surface area (TPSA) is 0 Å². The minimum absolute atomic E-state index is 0.820. The maximum atomic E-state index is 3.96. The molecule has 0 heteroatoms. The van der Waals surface area contributed by atoms with E-state index in [4.69, 9.17) is 0 Å². The summed E-state index contributed by atoms with van der Waals surface area (Å²) in [5.74, 6) is 30.7. The summed E-state index contributed by atoms with van der Waals surface area (Å²) in [6.45, 7) is 21.1. The molecule has 0 fully saturated rings. The largest absolute Gasteiger partial charge is 0.0733 e. The molecule has 0 N–H and O–H groups in total. The third-order valence-electron chi connectivity index (χ3n) is 13.5. The zero-order valence-electron chi connectivity index (χ0n) is 45.4. The first kappa shape index (κ1) is 52.5. The van der Waals surface area contributed by atoms with Crippen LogP contribution >= 0.6 is 0 Å². The molecule has 0 bridgehead atoms. The second-order valence-electron chi connectivity index (χ2n) is 19.6. The van der Waals surface area contributed by atoms with Gasteiger partial charge in [0.05, 0.1) is 0 Å². The maximum Gasteiger partial charge on any atom is 0.0431 e. The Morgan fingerprint density at radius 3 is 0.773 bits per heavy atom. The number of hydrogen-bond donors (Lipinski definition) is 0. The second kappa shape index (κ2) is 24.8. The number of allylic oxidation sites excluding steroid dienone is 12. The van der Waals surface area contributed by atoms with Gasteiger partial charge in [0.2, 0.25) is 0 Å². The summed E-state index contributed by atoms with van der Waals surface area (Å²) >= 11 is 0. The van der Waals surface area contributed by atoms with Gasteiger partial charge in [-0.15, -0.1) is 0 Å². The van der Waals surface area contributed by atoms with E-state index in [9.17, 15) is 0 Å². The van der Waals surface area contributed by atoms with Crippen LogP contribution in [0, 0.1) is 95.8 Å². The van der Waals surface area contributed by atoms with Crippen molar-refractivity contribution < 1.29 is 0 Å². The molecule has 7 aromatic carbocycles. The molecular formula is C75H66. The van der Waals surface area contributed by atoms with Crippen LogP contribution in [0.5, 0.6) is 0 Å². The van der Waals surface area contributed by atoms with Gasteiger partial charge in [0, 0.05) is 66.8 Å². The van der Waals surface area contributed by atoms with Crippen molar-refractivity contribution in [2.45, 2.75) is 88.5 Å². The molecule has 0 unspecified atom stereocenters. The lowest BCUT2D eigenvalue weighted by molar-refractivity contribution is 0.819. The lowest BCUT2D eigenvalue weighted by atomic mass is 9.73. The van der Waals surface area contributed by atoms with Gasteiger partial charge in [0.25, 0.3) is 0 Å². The molecule has 0 atom stereocenters. The summed E-state index contributed by atoms with van der Waals surface area (Å²) in [6.07, 6.45) is 7.42. The van der Waals surface area contributed by atoms with Crippen LogP contribution in [0.1, 0.15) is 118 Å². The lowest BCUT2D eigenvalue weighted by Crippen LogP contribution is -2.11. The summed E-state index contributed by atoms with van der Waals surface area (Å²) < 4.78 is 0. The van der Waals surface area contributed by atoms with Crippen LogP contribution in [0.2, 0.25) is 0 Å². The number of benzene rings is 7. The van der Waals surface area contributed by atoms with Crippen LogP contribution in [0.4, 0.5) is 0 Å². The van der Waals surface area contributed by atoms with Gasteiger partial charge in [0.15, 0.2) is 0 Å². The quantitative estimate of drug-likeness (QED) is 0.154. The minimum atomic E-state index is 0.820. The molecule has 0 radical (unpaired) electrons. The highest BCUT2D eigenvalue weighted by Crippen LogP contribution is 2.48. The van der Waals surface area contributed by atoms with Crippen molar-refractivity contribution in [3.05, 3.63) is 299 Å². The monoisotopic (exact) mass is 967 g/mol. The molecule has 0 nitrogen and oxygen atoms in total. The van der Waals surface area contributed by atoms with Crippen molar-refractivity contribution in [2.24, 2.45) is 0 Å². The van der Waals surface area contributed by atoms with Crippen LogP contribution in [-0.4, -0.2) is 0 Å². The second-order valence-corrected chi connectivity index (χ2v) is 19.6. The van der Waals surface area contributed by atoms with Crippen LogP contribution in [0.15, 0.2) is 221 Å². The van der Waals surface area contributed by atoms with Gasteiger partial charge in [-0.25, -0.2) is 0 Å². The Labute approximate surface area is 449 Å². The van der Waals surface area contributed by atoms with Crippen molar-refractivity contribution in [1.29, 1.82) is 0 Å². The third-order valence-corrected chi connectivity index (χ3v) is 13.5. The molecule has 2 aliphatic rings. The third kappa shape index (κ3) is 13.3. The summed E-state index contributed by atoms with van der Waals surface area (Å²) in [7, 11) is 0. The van der Waals surface area contributed by atoms with Crippen LogP contribution < -0.4 is 0 Å². The Morgan fingerprint density at radius 1 is 0.253 bits per heavy atom. The van der Waals surface area contributed by atoms with E-state index in [1.807, 2.05) is 13.8 Å². The maximum absolute atomic E-state index is 3.96. The van der Waals surface area contributed by atoms with Crippen LogP contribution in [0.25, 0.3) is 16.7 Å². The van der Waals surface area contributed by atoms with E-state index in [1.165, 1.54) is 33.4 Å². The fraction of sp³-hybridized carbons (Fsp3) is 0.173. The highest BCUT2D eigenvalue weighted by molar-refractivity contribution is 6.11. The Balaban J connectivity index is 0.00000369. The van der Waals surface area contributed by atoms with Gasteiger partial charge in [-0.3, -0.25) is 0 Å². The summed E-state index contributed by atoms with van der Waals surface area (Å²) in [4.78, 5) is 0. The van der Waals surface area contributed by atoms with E-state index in [-0.39, 0.29) is 0 Å². The van der Waals surface area contributed by atoms with E-state index in [2.05, 4.69) is 285 Å². The highest BCUT2D eigenvalue weighted by Gasteiger charge is 2.32. The number of aryl methyl sites for hydroxylation is 7. The van der Waals surface area contributed by atoms with Crippen molar-refractivity contribution in [3.8, 4) is 47.4 Å². The molecule has 366 valence electrons. The fourth-order valence-electron chi connectivity index (χ4n) is 9.11. The van der Waals surface area contributed by atoms with Crippen molar-refractivity contribution >= 4 is 16.7 Å². The SMILES string of the molecule is CC.CC1=CC=C(C2=C(C#Cc3ccc(C)cc3)/C(c3ccc(C)cc3)=C(C#Cc3ccc(C)cc3)\C(c3ccc(C)cc3)=C(C#Cc3ccc(C)cc3)/C(c3ccc(C)cc3)=C\2C#Cc2ccc(C)cc2)CCC1. The molecule has 7 aromatic rings. The molecule has 2 aliphatic carbocycles. The average molecular weight is 967 g/mol. The average Bonchev–Trinajstić information content (AvgIpc) is 3.64. The minimum Gasteiger partial charge on any atom is -0.0733 e. The fourth-order valence-corrected chi connectivity index (χ4v) is 9.11. The molecule has 0 amide bonds.